The van der Waals surface area contributed by atoms with Crippen LogP contribution in [0.2, 0.25) is 0 Å². The Labute approximate surface area is 257 Å². The molecule has 0 unspecified atom stereocenters. The number of benzene rings is 1. The Morgan fingerprint density at radius 3 is 2.52 bits per heavy atom. The van der Waals surface area contributed by atoms with E-state index in [1.807, 2.05) is 4.90 Å². The number of ether oxygens (including phenoxy) is 1. The molecule has 2 aliphatic rings. The van der Waals surface area contributed by atoms with E-state index < -0.39 is 18.2 Å². The summed E-state index contributed by atoms with van der Waals surface area (Å²) in [5.41, 5.74) is 1.72. The van der Waals surface area contributed by atoms with E-state index >= 15 is 0 Å². The zero-order valence-electron chi connectivity index (χ0n) is 24.8. The van der Waals surface area contributed by atoms with Crippen LogP contribution < -0.4 is 15.0 Å². The highest BCUT2D eigenvalue weighted by Crippen LogP contribution is 2.37. The standard InChI is InChI=1S/C30H35F3N6O4S/c1-18-11-20(13-21(12-18)43-30(31,32)33)25-23(16-38-8-4-7-29(2,3)17-38)44-28(36-25)37-26(40)22-14-35-24(15-34-22)39-9-5-19(6-10-39)27(41)42/h11-15,19H,4-10,16-17H2,1-3H3,(H,41,42)(H,36,37,40). The van der Waals surface area contributed by atoms with Gasteiger partial charge in [-0.2, -0.15) is 0 Å². The van der Waals surface area contributed by atoms with Crippen LogP contribution in [0, 0.1) is 18.3 Å². The van der Waals surface area contributed by atoms with Gasteiger partial charge in [0.2, 0.25) is 0 Å². The summed E-state index contributed by atoms with van der Waals surface area (Å²) in [6.45, 7) is 9.45. The number of rotatable bonds is 8. The van der Waals surface area contributed by atoms with Gasteiger partial charge in [-0.05, 0) is 68.3 Å². The Bertz CT molecular complexity index is 1500. The van der Waals surface area contributed by atoms with Gasteiger partial charge in [0, 0.05) is 36.6 Å². The molecule has 2 N–H and O–H groups in total. The Morgan fingerprint density at radius 1 is 1.14 bits per heavy atom. The number of aryl methyl sites for hydroxylation is 1. The van der Waals surface area contributed by atoms with Crippen LogP contribution in [0.15, 0.2) is 30.6 Å². The highest BCUT2D eigenvalue weighted by molar-refractivity contribution is 7.16. The molecule has 1 aromatic carbocycles. The average molecular weight is 633 g/mol. The molecular formula is C30H35F3N6O4S. The van der Waals surface area contributed by atoms with Crippen LogP contribution in [0.5, 0.6) is 5.75 Å². The Kier molecular flexibility index (Phi) is 9.12. The number of likely N-dealkylation sites (tertiary alicyclic amines) is 1. The number of aliphatic carboxylic acids is 1. The quantitative estimate of drug-likeness (QED) is 0.309. The summed E-state index contributed by atoms with van der Waals surface area (Å²) in [7, 11) is 0. The summed E-state index contributed by atoms with van der Waals surface area (Å²) in [6, 6.07) is 4.38. The molecule has 4 heterocycles. The maximum atomic E-state index is 13.1. The second-order valence-electron chi connectivity index (χ2n) is 12.2. The van der Waals surface area contributed by atoms with Crippen LogP contribution in [-0.4, -0.2) is 69.4 Å². The molecule has 0 saturated carbocycles. The van der Waals surface area contributed by atoms with Gasteiger partial charge in [0.05, 0.1) is 24.0 Å². The highest BCUT2D eigenvalue weighted by Gasteiger charge is 2.32. The van der Waals surface area contributed by atoms with Crippen LogP contribution >= 0.6 is 11.3 Å². The summed E-state index contributed by atoms with van der Waals surface area (Å²) in [6.07, 6.45) is 1.17. The van der Waals surface area contributed by atoms with E-state index in [0.717, 1.165) is 30.8 Å². The van der Waals surface area contributed by atoms with Crippen molar-refractivity contribution in [3.8, 4) is 17.0 Å². The minimum absolute atomic E-state index is 0.0710. The maximum absolute atomic E-state index is 13.1. The molecule has 44 heavy (non-hydrogen) atoms. The van der Waals surface area contributed by atoms with Gasteiger partial charge in [-0.25, -0.2) is 15.0 Å². The first kappa shape index (κ1) is 31.6. The summed E-state index contributed by atoms with van der Waals surface area (Å²) in [5, 5.41) is 12.3. The number of hydrogen-bond donors (Lipinski definition) is 2. The number of aromatic nitrogens is 3. The molecule has 0 radical (unpaired) electrons. The van der Waals surface area contributed by atoms with Crippen molar-refractivity contribution in [1.82, 2.24) is 19.9 Å². The number of carbonyl (C=O) groups is 2. The zero-order chi connectivity index (χ0) is 31.6. The van der Waals surface area contributed by atoms with Gasteiger partial charge in [-0.3, -0.25) is 19.8 Å². The number of halogens is 3. The van der Waals surface area contributed by atoms with Crippen LogP contribution in [-0.2, 0) is 11.3 Å². The van der Waals surface area contributed by atoms with Crippen LogP contribution in [0.1, 0.15) is 60.5 Å². The van der Waals surface area contributed by atoms with Gasteiger partial charge in [-0.1, -0.05) is 25.2 Å². The van der Waals surface area contributed by atoms with Crippen molar-refractivity contribution in [3.05, 3.63) is 46.7 Å². The number of nitrogens with zero attached hydrogens (tertiary/aromatic N) is 5. The topological polar surface area (TPSA) is 121 Å². The average Bonchev–Trinajstić information content (AvgIpc) is 3.33. The molecule has 2 aromatic heterocycles. The SMILES string of the molecule is Cc1cc(OC(F)(F)F)cc(-c2nc(NC(=O)c3cnc(N4CCC(C(=O)O)CC4)cn3)sc2CN2CCCC(C)(C)C2)c1. The molecule has 3 aromatic rings. The molecule has 14 heteroatoms. The van der Waals surface area contributed by atoms with Crippen LogP contribution in [0.3, 0.4) is 0 Å². The number of alkyl halides is 3. The van der Waals surface area contributed by atoms with E-state index in [-0.39, 0.29) is 27.9 Å². The minimum Gasteiger partial charge on any atom is -0.481 e. The Balaban J connectivity index is 1.36. The van der Waals surface area contributed by atoms with Crippen molar-refractivity contribution in [1.29, 1.82) is 0 Å². The minimum atomic E-state index is -4.83. The monoisotopic (exact) mass is 632 g/mol. The lowest BCUT2D eigenvalue weighted by Gasteiger charge is -2.37. The third-order valence-electron chi connectivity index (χ3n) is 7.86. The molecule has 0 spiro atoms. The lowest BCUT2D eigenvalue weighted by molar-refractivity contribution is -0.274. The number of amides is 1. The van der Waals surface area contributed by atoms with E-state index in [2.05, 4.69) is 43.8 Å². The Morgan fingerprint density at radius 2 is 1.89 bits per heavy atom. The van der Waals surface area contributed by atoms with Crippen molar-refractivity contribution >= 4 is 34.2 Å². The predicted octanol–water partition coefficient (Wildman–Crippen LogP) is 5.98. The summed E-state index contributed by atoms with van der Waals surface area (Å²) in [4.78, 5) is 42.7. The fourth-order valence-electron chi connectivity index (χ4n) is 5.82. The van der Waals surface area contributed by atoms with Gasteiger partial charge >= 0.3 is 12.3 Å². The summed E-state index contributed by atoms with van der Waals surface area (Å²) >= 11 is 1.27. The molecule has 5 rings (SSSR count). The number of nitrogens with one attached hydrogen (secondary N) is 1. The third kappa shape index (κ3) is 8.03. The lowest BCUT2D eigenvalue weighted by Crippen LogP contribution is -2.39. The van der Waals surface area contributed by atoms with Crippen molar-refractivity contribution in [2.45, 2.75) is 59.4 Å². The summed E-state index contributed by atoms with van der Waals surface area (Å²) < 4.78 is 43.3. The molecule has 0 bridgehead atoms. The number of carboxylic acids is 1. The van der Waals surface area contributed by atoms with Gasteiger partial charge in [0.25, 0.3) is 5.91 Å². The van der Waals surface area contributed by atoms with Gasteiger partial charge in [0.1, 0.15) is 17.3 Å². The highest BCUT2D eigenvalue weighted by atomic mass is 32.1. The fourth-order valence-corrected chi connectivity index (χ4v) is 6.84. The van der Waals surface area contributed by atoms with Crippen molar-refractivity contribution in [2.24, 2.45) is 11.3 Å². The molecule has 1 amide bonds. The molecule has 0 aliphatic carbocycles. The number of thiazole rings is 1. The molecule has 2 aliphatic heterocycles. The van der Waals surface area contributed by atoms with E-state index in [1.165, 1.54) is 35.9 Å². The van der Waals surface area contributed by atoms with Gasteiger partial charge in [0.15, 0.2) is 5.13 Å². The van der Waals surface area contributed by atoms with Crippen LogP contribution in [0.4, 0.5) is 24.1 Å². The molecule has 0 atom stereocenters. The normalized spacial score (nSPS) is 17.8. The number of piperidine rings is 2. The summed E-state index contributed by atoms with van der Waals surface area (Å²) in [5.74, 6) is -1.47. The molecule has 236 valence electrons. The molecule has 2 fully saturated rings. The van der Waals surface area contributed by atoms with Crippen molar-refractivity contribution in [3.63, 3.8) is 0 Å². The van der Waals surface area contributed by atoms with E-state index in [0.29, 0.717) is 55.1 Å². The zero-order valence-corrected chi connectivity index (χ0v) is 25.6. The fraction of sp³-hybridized carbons (Fsp3) is 0.500. The second kappa shape index (κ2) is 12.7. The van der Waals surface area contributed by atoms with Gasteiger partial charge in [-0.15, -0.1) is 13.2 Å². The molecule has 2 saturated heterocycles. The molecular weight excluding hydrogens is 597 g/mol. The number of anilines is 2. The van der Waals surface area contributed by atoms with E-state index in [4.69, 9.17) is 0 Å². The maximum Gasteiger partial charge on any atom is 0.573 e. The first-order valence-electron chi connectivity index (χ1n) is 14.5. The van der Waals surface area contributed by atoms with Crippen molar-refractivity contribution in [2.75, 3.05) is 36.4 Å². The van der Waals surface area contributed by atoms with E-state index in [9.17, 15) is 27.9 Å². The second-order valence-corrected chi connectivity index (χ2v) is 13.2. The number of hydrogen-bond acceptors (Lipinski definition) is 9. The van der Waals surface area contributed by atoms with Gasteiger partial charge < -0.3 is 14.7 Å². The number of carboxylic acid groups (broad SMARTS) is 1. The van der Waals surface area contributed by atoms with Crippen LogP contribution in [0.25, 0.3) is 11.3 Å². The van der Waals surface area contributed by atoms with Crippen molar-refractivity contribution < 1.29 is 32.6 Å². The third-order valence-corrected chi connectivity index (χ3v) is 8.82. The molecule has 10 nitrogen and oxygen atoms in total. The first-order valence-corrected chi connectivity index (χ1v) is 15.3. The first-order chi connectivity index (χ1) is 20.7. The predicted molar refractivity (Wildman–Crippen MR) is 160 cm³/mol. The Hall–Kier alpha value is -3.78. The largest absolute Gasteiger partial charge is 0.573 e. The lowest BCUT2D eigenvalue weighted by atomic mass is 9.84. The van der Waals surface area contributed by atoms with E-state index in [1.54, 1.807) is 13.0 Å². The smallest absolute Gasteiger partial charge is 0.481 e. The number of carbonyl (C=O) groups excluding carboxylic acids is 1.